The Balaban J connectivity index is 1.61. The zero-order valence-electron chi connectivity index (χ0n) is 14.6. The largest absolute Gasteiger partial charge is 0.383 e. The summed E-state index contributed by atoms with van der Waals surface area (Å²) in [5, 5.41) is 3.20. The van der Waals surface area contributed by atoms with E-state index in [-0.39, 0.29) is 12.5 Å². The van der Waals surface area contributed by atoms with Gasteiger partial charge in [-0.25, -0.2) is 4.98 Å². The molecule has 3 heterocycles. The maximum atomic E-state index is 12.0. The first-order chi connectivity index (χ1) is 11.7. The molecule has 1 spiro atoms. The lowest BCUT2D eigenvalue weighted by atomic mass is 9.76. The molecule has 2 saturated heterocycles. The fourth-order valence-corrected chi connectivity index (χ4v) is 4.75. The molecule has 0 N–H and O–H groups in total. The molecule has 1 aromatic rings. The number of carbonyl (C=O) groups is 1. The van der Waals surface area contributed by atoms with Crippen LogP contribution in [0.2, 0.25) is 0 Å². The first-order valence-electron chi connectivity index (χ1n) is 8.54. The molecule has 3 rings (SSSR count). The third kappa shape index (κ3) is 3.96. The second-order valence-electron chi connectivity index (χ2n) is 6.96. The van der Waals surface area contributed by atoms with Gasteiger partial charge in [-0.15, -0.1) is 11.3 Å². The number of hydrogen-bond donors (Lipinski definition) is 0. The predicted molar refractivity (Wildman–Crippen MR) is 92.9 cm³/mol. The molecule has 2 aliphatic rings. The SMILES string of the molecule is COCC(=O)N1CCC2(CC1)CC(COC)N(Cc1nccs1)C2. The molecule has 0 radical (unpaired) electrons. The van der Waals surface area contributed by atoms with Gasteiger partial charge in [-0.05, 0) is 24.7 Å². The number of hydrogen-bond acceptors (Lipinski definition) is 6. The van der Waals surface area contributed by atoms with E-state index in [1.807, 2.05) is 16.5 Å². The molecule has 1 amide bonds. The molecule has 0 aromatic carbocycles. The van der Waals surface area contributed by atoms with Gasteiger partial charge in [0.15, 0.2) is 0 Å². The molecule has 7 heteroatoms. The average molecular weight is 353 g/mol. The van der Waals surface area contributed by atoms with E-state index in [0.29, 0.717) is 11.5 Å². The van der Waals surface area contributed by atoms with Crippen LogP contribution in [-0.4, -0.2) is 73.8 Å². The van der Waals surface area contributed by atoms with Crippen molar-refractivity contribution in [2.45, 2.75) is 31.8 Å². The van der Waals surface area contributed by atoms with Gasteiger partial charge in [-0.3, -0.25) is 9.69 Å². The Morgan fingerprint density at radius 1 is 1.38 bits per heavy atom. The van der Waals surface area contributed by atoms with Crippen molar-refractivity contribution in [1.82, 2.24) is 14.8 Å². The lowest BCUT2D eigenvalue weighted by Crippen LogP contribution is -2.45. The van der Waals surface area contributed by atoms with Gasteiger partial charge in [-0.1, -0.05) is 0 Å². The molecule has 0 saturated carbocycles. The van der Waals surface area contributed by atoms with E-state index in [1.165, 1.54) is 5.01 Å². The molecule has 1 unspecified atom stereocenters. The average Bonchev–Trinajstić information content (AvgIpc) is 3.18. The van der Waals surface area contributed by atoms with Crippen molar-refractivity contribution in [2.75, 3.05) is 47.1 Å². The summed E-state index contributed by atoms with van der Waals surface area (Å²) in [4.78, 5) is 20.9. The molecule has 1 aromatic heterocycles. The first-order valence-corrected chi connectivity index (χ1v) is 9.42. The number of nitrogens with zero attached hydrogens (tertiary/aromatic N) is 3. The molecule has 6 nitrogen and oxygen atoms in total. The number of rotatable bonds is 6. The zero-order valence-corrected chi connectivity index (χ0v) is 15.4. The van der Waals surface area contributed by atoms with Crippen LogP contribution < -0.4 is 0 Å². The van der Waals surface area contributed by atoms with Crippen molar-refractivity contribution >= 4 is 17.2 Å². The molecular formula is C17H27N3O3S. The van der Waals surface area contributed by atoms with Crippen molar-refractivity contribution in [3.05, 3.63) is 16.6 Å². The standard InChI is InChI=1S/C17H27N3O3S/c1-22-11-14-9-17(13-20(14)10-15-18-5-8-24-15)3-6-19(7-4-17)16(21)12-23-2/h5,8,14H,3-4,6-7,9-13H2,1-2H3. The Bertz CT molecular complexity index is 529. The van der Waals surface area contributed by atoms with E-state index in [0.717, 1.165) is 52.0 Å². The highest BCUT2D eigenvalue weighted by atomic mass is 32.1. The highest BCUT2D eigenvalue weighted by molar-refractivity contribution is 7.09. The predicted octanol–water partition coefficient (Wildman–Crippen LogP) is 1.62. The quantitative estimate of drug-likeness (QED) is 0.778. The lowest BCUT2D eigenvalue weighted by molar-refractivity contribution is -0.137. The Labute approximate surface area is 147 Å². The van der Waals surface area contributed by atoms with Crippen molar-refractivity contribution in [3.63, 3.8) is 0 Å². The maximum absolute atomic E-state index is 12.0. The molecule has 0 aliphatic carbocycles. The minimum absolute atomic E-state index is 0.110. The fraction of sp³-hybridized carbons (Fsp3) is 0.765. The summed E-state index contributed by atoms with van der Waals surface area (Å²) in [5.74, 6) is 0.110. The van der Waals surface area contributed by atoms with Gasteiger partial charge in [0.1, 0.15) is 11.6 Å². The molecule has 24 heavy (non-hydrogen) atoms. The van der Waals surface area contributed by atoms with Crippen molar-refractivity contribution < 1.29 is 14.3 Å². The minimum Gasteiger partial charge on any atom is -0.383 e. The maximum Gasteiger partial charge on any atom is 0.248 e. The zero-order chi connectivity index (χ0) is 17.0. The van der Waals surface area contributed by atoms with E-state index >= 15 is 0 Å². The van der Waals surface area contributed by atoms with Gasteiger partial charge in [0.05, 0.1) is 13.2 Å². The van der Waals surface area contributed by atoms with Crippen LogP contribution in [0.15, 0.2) is 11.6 Å². The van der Waals surface area contributed by atoms with E-state index in [4.69, 9.17) is 9.47 Å². The number of amides is 1. The van der Waals surface area contributed by atoms with Crippen LogP contribution in [0.3, 0.4) is 0 Å². The van der Waals surface area contributed by atoms with Crippen LogP contribution >= 0.6 is 11.3 Å². The van der Waals surface area contributed by atoms with E-state index in [2.05, 4.69) is 9.88 Å². The van der Waals surface area contributed by atoms with E-state index < -0.39 is 0 Å². The summed E-state index contributed by atoms with van der Waals surface area (Å²) < 4.78 is 10.4. The Hall–Kier alpha value is -1.02. The third-order valence-corrected chi connectivity index (χ3v) is 6.11. The van der Waals surface area contributed by atoms with Crippen LogP contribution in [0.25, 0.3) is 0 Å². The number of thiazole rings is 1. The number of piperidine rings is 1. The van der Waals surface area contributed by atoms with Crippen LogP contribution in [0, 0.1) is 5.41 Å². The Morgan fingerprint density at radius 3 is 2.79 bits per heavy atom. The second kappa shape index (κ2) is 7.91. The fourth-order valence-electron chi connectivity index (χ4n) is 4.11. The van der Waals surface area contributed by atoms with Crippen molar-refractivity contribution in [1.29, 1.82) is 0 Å². The van der Waals surface area contributed by atoms with Crippen molar-refractivity contribution in [3.8, 4) is 0 Å². The summed E-state index contributed by atoms with van der Waals surface area (Å²) in [6, 6.07) is 0.445. The molecule has 1 atom stereocenters. The first kappa shape index (κ1) is 17.8. The summed E-state index contributed by atoms with van der Waals surface area (Å²) >= 11 is 1.71. The van der Waals surface area contributed by atoms with Gasteiger partial charge in [-0.2, -0.15) is 0 Å². The van der Waals surface area contributed by atoms with Crippen LogP contribution in [0.4, 0.5) is 0 Å². The summed E-state index contributed by atoms with van der Waals surface area (Å²) in [7, 11) is 3.35. The third-order valence-electron chi connectivity index (χ3n) is 5.35. The Morgan fingerprint density at radius 2 is 2.17 bits per heavy atom. The second-order valence-corrected chi connectivity index (χ2v) is 7.94. The van der Waals surface area contributed by atoms with E-state index in [9.17, 15) is 4.79 Å². The van der Waals surface area contributed by atoms with Gasteiger partial charge in [0, 0.05) is 51.5 Å². The molecule has 2 fully saturated rings. The normalized spacial score (nSPS) is 23.9. The van der Waals surface area contributed by atoms with Gasteiger partial charge < -0.3 is 14.4 Å². The van der Waals surface area contributed by atoms with Crippen LogP contribution in [0.5, 0.6) is 0 Å². The van der Waals surface area contributed by atoms with E-state index in [1.54, 1.807) is 25.6 Å². The van der Waals surface area contributed by atoms with Crippen LogP contribution in [-0.2, 0) is 20.8 Å². The highest BCUT2D eigenvalue weighted by Crippen LogP contribution is 2.44. The lowest BCUT2D eigenvalue weighted by Gasteiger charge is -2.39. The molecule has 0 bridgehead atoms. The number of methoxy groups -OCH3 is 2. The van der Waals surface area contributed by atoms with Gasteiger partial charge >= 0.3 is 0 Å². The van der Waals surface area contributed by atoms with Crippen molar-refractivity contribution in [2.24, 2.45) is 5.41 Å². The summed E-state index contributed by atoms with van der Waals surface area (Å²) in [6.45, 7) is 4.61. The molecular weight excluding hydrogens is 326 g/mol. The van der Waals surface area contributed by atoms with Gasteiger partial charge in [0.2, 0.25) is 5.91 Å². The monoisotopic (exact) mass is 353 g/mol. The summed E-state index contributed by atoms with van der Waals surface area (Å²) in [5.41, 5.74) is 0.310. The highest BCUT2D eigenvalue weighted by Gasteiger charge is 2.45. The number of ether oxygens (including phenoxy) is 2. The molecule has 2 aliphatic heterocycles. The number of likely N-dealkylation sites (tertiary alicyclic amines) is 2. The number of aromatic nitrogens is 1. The topological polar surface area (TPSA) is 54.9 Å². The molecule has 134 valence electrons. The minimum atomic E-state index is 0.110. The van der Waals surface area contributed by atoms with Crippen LogP contribution in [0.1, 0.15) is 24.3 Å². The summed E-state index contributed by atoms with van der Waals surface area (Å²) in [6.07, 6.45) is 5.16. The number of carbonyl (C=O) groups excluding carboxylic acids is 1. The Kier molecular flexibility index (Phi) is 5.86. The smallest absolute Gasteiger partial charge is 0.248 e. The van der Waals surface area contributed by atoms with Gasteiger partial charge in [0.25, 0.3) is 0 Å².